The van der Waals surface area contributed by atoms with Crippen LogP contribution in [0.1, 0.15) is 29.9 Å². The van der Waals surface area contributed by atoms with Crippen molar-refractivity contribution in [1.82, 2.24) is 9.29 Å². The zero-order chi connectivity index (χ0) is 20.9. The van der Waals surface area contributed by atoms with Crippen LogP contribution in [-0.4, -0.2) is 30.8 Å². The fourth-order valence-electron chi connectivity index (χ4n) is 4.65. The average molecular weight is 423 g/mol. The van der Waals surface area contributed by atoms with Gasteiger partial charge in [0, 0.05) is 35.6 Å². The monoisotopic (exact) mass is 422 g/mol. The molecule has 3 aromatic carbocycles. The molecule has 1 aliphatic heterocycles. The number of H-pyrrole nitrogens is 1. The molecule has 0 spiro atoms. The number of aromatic nitrogens is 1. The number of aryl methyl sites for hydroxylation is 1. The molecule has 1 saturated heterocycles. The van der Waals surface area contributed by atoms with Crippen molar-refractivity contribution < 1.29 is 12.8 Å². The molecule has 0 saturated carbocycles. The van der Waals surface area contributed by atoms with Crippen molar-refractivity contribution in [1.29, 1.82) is 0 Å². The molecule has 1 aromatic heterocycles. The number of fused-ring (bicyclic) bond motifs is 2. The minimum Gasteiger partial charge on any atom is -0.361 e. The van der Waals surface area contributed by atoms with E-state index in [0.29, 0.717) is 30.8 Å². The Morgan fingerprint density at radius 3 is 2.47 bits per heavy atom. The van der Waals surface area contributed by atoms with Gasteiger partial charge in [0.05, 0.1) is 4.90 Å². The summed E-state index contributed by atoms with van der Waals surface area (Å²) in [6.07, 6.45) is 3.37. The Labute approximate surface area is 175 Å². The van der Waals surface area contributed by atoms with Gasteiger partial charge < -0.3 is 4.98 Å². The molecule has 5 rings (SSSR count). The fourth-order valence-corrected chi connectivity index (χ4v) is 6.31. The Hall–Kier alpha value is -2.70. The van der Waals surface area contributed by atoms with Crippen LogP contribution in [0.4, 0.5) is 4.39 Å². The molecule has 6 heteroatoms. The summed E-state index contributed by atoms with van der Waals surface area (Å²) in [5.74, 6) is -0.0450. The molecule has 0 radical (unpaired) electrons. The zero-order valence-electron chi connectivity index (χ0n) is 16.7. The summed E-state index contributed by atoms with van der Waals surface area (Å²) >= 11 is 0. The molecular formula is C24H23FN2O2S. The van der Waals surface area contributed by atoms with E-state index in [1.807, 2.05) is 43.5 Å². The highest BCUT2D eigenvalue weighted by Gasteiger charge is 2.32. The average Bonchev–Trinajstić information content (AvgIpc) is 3.17. The number of nitrogens with one attached hydrogen (secondary N) is 1. The lowest BCUT2D eigenvalue weighted by Crippen LogP contribution is -2.38. The summed E-state index contributed by atoms with van der Waals surface area (Å²) in [5, 5.41) is 2.63. The Kier molecular flexibility index (Phi) is 4.64. The van der Waals surface area contributed by atoms with Crippen LogP contribution in [0.15, 0.2) is 65.7 Å². The lowest BCUT2D eigenvalue weighted by atomic mass is 9.90. The predicted molar refractivity (Wildman–Crippen MR) is 118 cm³/mol. The normalized spacial score (nSPS) is 16.5. The molecule has 0 atom stereocenters. The highest BCUT2D eigenvalue weighted by molar-refractivity contribution is 7.89. The van der Waals surface area contributed by atoms with Crippen LogP contribution < -0.4 is 0 Å². The van der Waals surface area contributed by atoms with Gasteiger partial charge >= 0.3 is 0 Å². The van der Waals surface area contributed by atoms with E-state index < -0.39 is 10.0 Å². The number of halogens is 1. The third kappa shape index (κ3) is 3.11. The molecule has 1 fully saturated rings. The van der Waals surface area contributed by atoms with Crippen molar-refractivity contribution in [2.24, 2.45) is 0 Å². The summed E-state index contributed by atoms with van der Waals surface area (Å²) in [4.78, 5) is 3.58. The second-order valence-corrected chi connectivity index (χ2v) is 9.94. The molecule has 1 aliphatic rings. The largest absolute Gasteiger partial charge is 0.361 e. The second-order valence-electron chi connectivity index (χ2n) is 8.04. The molecule has 1 N–H and O–H groups in total. The van der Waals surface area contributed by atoms with Crippen LogP contribution in [0.2, 0.25) is 0 Å². The molecule has 4 aromatic rings. The van der Waals surface area contributed by atoms with E-state index in [2.05, 4.69) is 4.98 Å². The molecule has 0 bridgehead atoms. The van der Waals surface area contributed by atoms with Crippen LogP contribution in [0.3, 0.4) is 0 Å². The summed E-state index contributed by atoms with van der Waals surface area (Å²) < 4.78 is 42.2. The Morgan fingerprint density at radius 1 is 0.967 bits per heavy atom. The van der Waals surface area contributed by atoms with Gasteiger partial charge in [0.2, 0.25) is 10.0 Å². The zero-order valence-corrected chi connectivity index (χ0v) is 17.5. The standard InChI is InChI=1S/C24H23FN2O2S/c1-16-6-9-24(20-5-3-2-4-19(16)20)30(28,29)27-12-10-17(11-13-27)22-15-26-23-8-7-18(25)14-21(22)23/h2-9,14-15,17,26H,10-13H2,1H3. The Morgan fingerprint density at radius 2 is 1.70 bits per heavy atom. The number of benzene rings is 3. The van der Waals surface area contributed by atoms with Crippen molar-refractivity contribution in [2.45, 2.75) is 30.6 Å². The van der Waals surface area contributed by atoms with Crippen LogP contribution in [-0.2, 0) is 10.0 Å². The number of nitrogens with zero attached hydrogens (tertiary/aromatic N) is 1. The third-order valence-corrected chi connectivity index (χ3v) is 8.25. The molecule has 4 nitrogen and oxygen atoms in total. The van der Waals surface area contributed by atoms with Gasteiger partial charge in [-0.05, 0) is 66.5 Å². The summed E-state index contributed by atoms with van der Waals surface area (Å²) in [5.41, 5.74) is 3.05. The van der Waals surface area contributed by atoms with E-state index in [9.17, 15) is 12.8 Å². The first-order chi connectivity index (χ1) is 14.4. The first kappa shape index (κ1) is 19.3. The first-order valence-corrected chi connectivity index (χ1v) is 11.6. The number of sulfonamides is 1. The van der Waals surface area contributed by atoms with E-state index in [-0.39, 0.29) is 11.7 Å². The fraction of sp³-hybridized carbons (Fsp3) is 0.250. The molecule has 0 unspecified atom stereocenters. The molecule has 0 amide bonds. The summed E-state index contributed by atoms with van der Waals surface area (Å²) in [7, 11) is -3.58. The van der Waals surface area contributed by atoms with Gasteiger partial charge in [0.15, 0.2) is 0 Å². The molecule has 30 heavy (non-hydrogen) atoms. The number of piperidine rings is 1. The van der Waals surface area contributed by atoms with E-state index >= 15 is 0 Å². The molecule has 0 aliphatic carbocycles. The molecular weight excluding hydrogens is 399 g/mol. The third-order valence-electron chi connectivity index (χ3n) is 6.29. The maximum atomic E-state index is 13.7. The van der Waals surface area contributed by atoms with Crippen molar-refractivity contribution in [3.8, 4) is 0 Å². The van der Waals surface area contributed by atoms with Crippen molar-refractivity contribution in [3.63, 3.8) is 0 Å². The van der Waals surface area contributed by atoms with E-state index in [4.69, 9.17) is 0 Å². The van der Waals surface area contributed by atoms with Crippen LogP contribution in [0.5, 0.6) is 0 Å². The highest BCUT2D eigenvalue weighted by Crippen LogP contribution is 2.36. The number of aromatic amines is 1. The minimum atomic E-state index is -3.58. The molecule has 154 valence electrons. The van der Waals surface area contributed by atoms with Gasteiger partial charge in [-0.2, -0.15) is 4.31 Å². The summed E-state index contributed by atoms with van der Waals surface area (Å²) in [6, 6.07) is 16.0. The van der Waals surface area contributed by atoms with Gasteiger partial charge in [-0.3, -0.25) is 0 Å². The maximum Gasteiger partial charge on any atom is 0.243 e. The lowest BCUT2D eigenvalue weighted by Gasteiger charge is -2.31. The quantitative estimate of drug-likeness (QED) is 0.485. The number of hydrogen-bond acceptors (Lipinski definition) is 2. The van der Waals surface area contributed by atoms with Crippen molar-refractivity contribution in [3.05, 3.63) is 77.7 Å². The Bertz CT molecular complexity index is 1350. The SMILES string of the molecule is Cc1ccc(S(=O)(=O)N2CCC(c3c[nH]c4ccc(F)cc34)CC2)c2ccccc12. The van der Waals surface area contributed by atoms with Crippen LogP contribution >= 0.6 is 0 Å². The van der Waals surface area contributed by atoms with Gasteiger partial charge in [0.25, 0.3) is 0 Å². The minimum absolute atomic E-state index is 0.210. The van der Waals surface area contributed by atoms with E-state index in [1.54, 1.807) is 22.5 Å². The second kappa shape index (κ2) is 7.22. The number of hydrogen-bond donors (Lipinski definition) is 1. The van der Waals surface area contributed by atoms with Gasteiger partial charge in [-0.25, -0.2) is 12.8 Å². The predicted octanol–water partition coefficient (Wildman–Crippen LogP) is 5.34. The van der Waals surface area contributed by atoms with Gasteiger partial charge in [0.1, 0.15) is 5.82 Å². The maximum absolute atomic E-state index is 13.7. The highest BCUT2D eigenvalue weighted by atomic mass is 32.2. The van der Waals surface area contributed by atoms with Gasteiger partial charge in [-0.1, -0.05) is 30.3 Å². The first-order valence-electron chi connectivity index (χ1n) is 10.2. The van der Waals surface area contributed by atoms with Crippen molar-refractivity contribution >= 4 is 31.7 Å². The number of rotatable bonds is 3. The van der Waals surface area contributed by atoms with E-state index in [0.717, 1.165) is 32.8 Å². The Balaban J connectivity index is 1.43. The molecule has 2 heterocycles. The van der Waals surface area contributed by atoms with Crippen molar-refractivity contribution in [2.75, 3.05) is 13.1 Å². The van der Waals surface area contributed by atoms with Crippen LogP contribution in [0, 0.1) is 12.7 Å². The van der Waals surface area contributed by atoms with Gasteiger partial charge in [-0.15, -0.1) is 0 Å². The topological polar surface area (TPSA) is 53.2 Å². The van der Waals surface area contributed by atoms with Crippen LogP contribution in [0.25, 0.3) is 21.7 Å². The van der Waals surface area contributed by atoms with E-state index in [1.165, 1.54) is 6.07 Å². The smallest absolute Gasteiger partial charge is 0.243 e. The lowest BCUT2D eigenvalue weighted by molar-refractivity contribution is 0.320. The summed E-state index contributed by atoms with van der Waals surface area (Å²) in [6.45, 7) is 2.91.